The van der Waals surface area contributed by atoms with Gasteiger partial charge in [-0.2, -0.15) is 26.3 Å². The third-order valence-corrected chi connectivity index (χ3v) is 21.3. The molecule has 2 saturated heterocycles. The molecule has 0 atom stereocenters. The van der Waals surface area contributed by atoms with Crippen LogP contribution in [0.2, 0.25) is 0 Å². The number of halogens is 7. The van der Waals surface area contributed by atoms with E-state index in [2.05, 4.69) is 48.8 Å². The van der Waals surface area contributed by atoms with Crippen LogP contribution in [0.5, 0.6) is 11.5 Å². The van der Waals surface area contributed by atoms with Crippen molar-refractivity contribution in [1.29, 1.82) is 0 Å². The first kappa shape index (κ1) is 65.9. The number of terminal acetylenes is 1. The molecule has 0 unspecified atom stereocenters. The molecule has 0 amide bonds. The van der Waals surface area contributed by atoms with Crippen LogP contribution in [-0.2, 0) is 33.1 Å². The highest BCUT2D eigenvalue weighted by molar-refractivity contribution is 14.1. The van der Waals surface area contributed by atoms with E-state index in [1.54, 1.807) is 30.3 Å². The molecule has 0 bridgehead atoms. The average Bonchev–Trinajstić information content (AvgIpc) is 1.79. The lowest BCUT2D eigenvalue weighted by Crippen LogP contribution is -2.63. The lowest BCUT2D eigenvalue weighted by molar-refractivity contribution is -0.141. The maximum Gasteiger partial charge on any atom is 0.406 e. The van der Waals surface area contributed by atoms with Gasteiger partial charge in [-0.15, -0.1) is 6.42 Å². The van der Waals surface area contributed by atoms with Gasteiger partial charge in [0.1, 0.15) is 24.6 Å². The Balaban J connectivity index is 0.000000166. The number of alkyl halides is 6. The van der Waals surface area contributed by atoms with E-state index >= 15 is 0 Å². The molecule has 4 aliphatic carbocycles. The monoisotopic (exact) mass is 1390 g/mol. The summed E-state index contributed by atoms with van der Waals surface area (Å²) in [6.45, 7) is 3.43. The topological polar surface area (TPSA) is 203 Å². The molecule has 0 radical (unpaired) electrons. The second kappa shape index (κ2) is 27.0. The summed E-state index contributed by atoms with van der Waals surface area (Å²) < 4.78 is 139. The van der Waals surface area contributed by atoms with Crippen molar-refractivity contribution >= 4 is 87.2 Å². The summed E-state index contributed by atoms with van der Waals surface area (Å²) in [6, 6.07) is 25.1. The van der Waals surface area contributed by atoms with Crippen LogP contribution in [0.25, 0.3) is 21.8 Å². The van der Waals surface area contributed by atoms with Crippen LogP contribution in [0.15, 0.2) is 94.7 Å². The number of benzene rings is 4. The summed E-state index contributed by atoms with van der Waals surface area (Å²) in [4.78, 5) is 5.24. The zero-order valence-corrected chi connectivity index (χ0v) is 53.7. The number of primary sulfonamides is 2. The predicted octanol–water partition coefficient (Wildman–Crippen LogP) is 11.9. The van der Waals surface area contributed by atoms with Gasteiger partial charge < -0.3 is 39.9 Å². The first-order chi connectivity index (χ1) is 42.2. The zero-order valence-electron chi connectivity index (χ0n) is 49.9. The minimum absolute atomic E-state index is 0.00407. The van der Waals surface area contributed by atoms with Gasteiger partial charge in [0.25, 0.3) is 0 Å². The Kier molecular flexibility index (Phi) is 20.0. The van der Waals surface area contributed by atoms with E-state index in [1.165, 1.54) is 131 Å². The van der Waals surface area contributed by atoms with Crippen LogP contribution >= 0.6 is 22.6 Å². The molecule has 2 aromatic heterocycles. The number of ether oxygens (including phenoxy) is 2. The molecule has 2 aliphatic heterocycles. The van der Waals surface area contributed by atoms with Gasteiger partial charge in [0.2, 0.25) is 20.0 Å². The van der Waals surface area contributed by atoms with Crippen LogP contribution in [0.1, 0.15) is 95.6 Å². The Bertz CT molecular complexity index is 3840. The van der Waals surface area contributed by atoms with Crippen molar-refractivity contribution in [2.24, 2.45) is 21.1 Å². The van der Waals surface area contributed by atoms with E-state index < -0.39 is 45.5 Å². The lowest BCUT2D eigenvalue weighted by atomic mass is 9.63. The second-order valence-corrected chi connectivity index (χ2v) is 28.9. The number of aromatic nitrogens is 2. The molecule has 25 heteroatoms. The van der Waals surface area contributed by atoms with Gasteiger partial charge in [0, 0.05) is 84.6 Å². The Labute approximate surface area is 530 Å². The second-order valence-electron chi connectivity index (χ2n) is 24.7. The highest BCUT2D eigenvalue weighted by Gasteiger charge is 2.50. The minimum atomic E-state index is -4.42. The molecular weight excluding hydrogens is 1310 g/mol. The SMILES string of the molecule is C#CCNc1ccc(S(N)(=O)=O)cc1OC.COc1cc(S(N)(=O)=O)ccc1NCC#Cc1cc2c(NC3CCC(N4CC5(CCC5)C4)CC3)cccc2n1CC(F)(F)F.FC(F)(F)Cn1c(I)cc2c(NC3CCC(N4CC5(CCC5)C4)CC3)cccc21. The van der Waals surface area contributed by atoms with Gasteiger partial charge >= 0.3 is 12.4 Å². The van der Waals surface area contributed by atoms with Gasteiger partial charge in [0.15, 0.2) is 0 Å². The van der Waals surface area contributed by atoms with E-state index in [1.807, 2.05) is 46.9 Å². The first-order valence-electron chi connectivity index (χ1n) is 30.1. The Hall–Kier alpha value is -6.07. The fourth-order valence-electron chi connectivity index (χ4n) is 13.7. The quantitative estimate of drug-likeness (QED) is 0.0304. The van der Waals surface area contributed by atoms with E-state index in [-0.39, 0.29) is 33.8 Å². The predicted molar refractivity (Wildman–Crippen MR) is 345 cm³/mol. The standard InChI is InChI=1S/C32H38F3N5O3S.C22H27F3IN3.C10H12N2O3S/c1-43-30-18-25(44(36,41)42)12-13-28(30)37-16-3-5-24-17-26-27(6-2-7-29(26)40(24)21-32(33,34)35)38-22-8-10-23(11-9-22)39-19-31(20-39)14-4-15-31;23-22(24,25)14-29-19-4-1-3-18(17(19)11-20(29)26)27-15-5-7-16(8-6-15)28-12-21(13-28)9-2-10-21;1-3-6-12-9-5-4-8(16(11,13)14)7-10(9)15-2/h2,6-7,12-13,17-18,22-23,37-38H,4,8-11,14-16,19-21H2,1H3,(H2,36,41,42);1,3-4,11,15-16,27H,2,5-10,12-14H2;1,4-5,7,12H,6H2,2H3,(H2,11,13,14). The smallest absolute Gasteiger partial charge is 0.406 e. The number of nitrogens with two attached hydrogens (primary N) is 2. The van der Waals surface area contributed by atoms with Crippen LogP contribution < -0.4 is 41.0 Å². The van der Waals surface area contributed by atoms with Crippen molar-refractivity contribution in [3.05, 3.63) is 94.3 Å². The number of sulfonamides is 2. The minimum Gasteiger partial charge on any atom is -0.495 e. The summed E-state index contributed by atoms with van der Waals surface area (Å²) in [7, 11) is -4.80. The Morgan fingerprint density at radius 1 is 0.596 bits per heavy atom. The molecular formula is C64H77F6IN10O6S2. The summed E-state index contributed by atoms with van der Waals surface area (Å²) in [5.41, 5.74) is 5.58. The first-order valence-corrected chi connectivity index (χ1v) is 34.3. The summed E-state index contributed by atoms with van der Waals surface area (Å²) in [5.74, 6) is 8.84. The highest BCUT2D eigenvalue weighted by atomic mass is 127. The van der Waals surface area contributed by atoms with Crippen molar-refractivity contribution < 1.29 is 52.7 Å². The van der Waals surface area contributed by atoms with Crippen molar-refractivity contribution in [3.8, 4) is 35.7 Å². The summed E-state index contributed by atoms with van der Waals surface area (Å²) >= 11 is 2.00. The lowest BCUT2D eigenvalue weighted by Gasteiger charge is -2.59. The summed E-state index contributed by atoms with van der Waals surface area (Å²) in [5, 5.41) is 25.0. The third-order valence-electron chi connectivity index (χ3n) is 18.6. The average molecular weight is 1390 g/mol. The molecule has 4 aromatic carbocycles. The molecule has 2 spiro atoms. The number of likely N-dealkylation sites (tertiary alicyclic amines) is 2. The molecule has 6 fully saturated rings. The molecule has 8 N–H and O–H groups in total. The molecule has 16 nitrogen and oxygen atoms in total. The molecule has 12 rings (SSSR count). The van der Waals surface area contributed by atoms with E-state index in [0.717, 1.165) is 61.3 Å². The fraction of sp³-hybridized carbons (Fsp3) is 0.500. The number of nitrogens with zero attached hydrogens (tertiary/aromatic N) is 4. The number of nitrogens with one attached hydrogen (secondary N) is 4. The van der Waals surface area contributed by atoms with Gasteiger partial charge in [-0.25, -0.2) is 27.1 Å². The number of methoxy groups -OCH3 is 2. The maximum atomic E-state index is 13.7. The van der Waals surface area contributed by atoms with Crippen molar-refractivity contribution in [2.45, 2.75) is 149 Å². The van der Waals surface area contributed by atoms with Gasteiger partial charge in [-0.1, -0.05) is 36.8 Å². The van der Waals surface area contributed by atoms with E-state index in [4.69, 9.17) is 26.2 Å². The molecule has 480 valence electrons. The maximum absolute atomic E-state index is 13.7. The summed E-state index contributed by atoms with van der Waals surface area (Å²) in [6.07, 6.45) is 13.9. The highest BCUT2D eigenvalue weighted by Crippen LogP contribution is 2.51. The van der Waals surface area contributed by atoms with Crippen molar-refractivity contribution in [3.63, 3.8) is 0 Å². The largest absolute Gasteiger partial charge is 0.495 e. The number of anilines is 4. The van der Waals surface area contributed by atoms with Crippen LogP contribution in [-0.4, -0.2) is 126 Å². The van der Waals surface area contributed by atoms with Crippen molar-refractivity contribution in [2.75, 3.05) is 74.8 Å². The van der Waals surface area contributed by atoms with Gasteiger partial charge in [-0.3, -0.25) is 9.80 Å². The normalized spacial score (nSPS) is 21.4. The van der Waals surface area contributed by atoms with Crippen LogP contribution in [0, 0.1) is 38.7 Å². The van der Waals surface area contributed by atoms with Gasteiger partial charge in [-0.05, 0) is 177 Å². The molecule has 4 heterocycles. The van der Waals surface area contributed by atoms with E-state index in [9.17, 15) is 43.2 Å². The third kappa shape index (κ3) is 16.0. The Morgan fingerprint density at radius 3 is 1.43 bits per heavy atom. The van der Waals surface area contributed by atoms with Gasteiger partial charge in [0.05, 0.1) is 68.9 Å². The molecule has 4 saturated carbocycles. The molecule has 6 aliphatic rings. The zero-order chi connectivity index (χ0) is 63.5. The molecule has 6 aromatic rings. The molecule has 89 heavy (non-hydrogen) atoms. The van der Waals surface area contributed by atoms with Crippen LogP contribution in [0.3, 0.4) is 0 Å². The number of rotatable bonds is 16. The number of hydrogen-bond donors (Lipinski definition) is 6. The van der Waals surface area contributed by atoms with Crippen LogP contribution in [0.4, 0.5) is 49.1 Å². The van der Waals surface area contributed by atoms with E-state index in [0.29, 0.717) is 66.7 Å². The number of fused-ring (bicyclic) bond motifs is 2. The van der Waals surface area contributed by atoms with Crippen molar-refractivity contribution in [1.82, 2.24) is 18.9 Å². The fourth-order valence-corrected chi connectivity index (χ4v) is 15.5. The number of hydrogen-bond acceptors (Lipinski definition) is 12. The Morgan fingerprint density at radius 2 is 1.02 bits per heavy atom.